The van der Waals surface area contributed by atoms with Gasteiger partial charge in [0.1, 0.15) is 0 Å². The van der Waals surface area contributed by atoms with Crippen LogP contribution in [0.1, 0.15) is 37.5 Å². The van der Waals surface area contributed by atoms with Crippen LogP contribution in [-0.2, 0) is 15.4 Å². The predicted molar refractivity (Wildman–Crippen MR) is 82.9 cm³/mol. The minimum atomic E-state index is -3.79. The summed E-state index contributed by atoms with van der Waals surface area (Å²) < 4.78 is 27.3. The molecule has 0 spiro atoms. The number of rotatable bonds is 5. The molecule has 1 aromatic carbocycles. The minimum absolute atomic E-state index is 0.171. The standard InChI is InChI=1S/C15H25NO4S/c1-10-6-12(15(3,4)5)7-14(11(10)2)21(19,20)16-13(8-17)9-18/h6-7,13,16-18H,8-9H2,1-5H3. The van der Waals surface area contributed by atoms with Gasteiger partial charge >= 0.3 is 0 Å². The molecule has 0 aliphatic carbocycles. The molecule has 0 heterocycles. The molecule has 0 saturated heterocycles. The van der Waals surface area contributed by atoms with Crippen LogP contribution in [-0.4, -0.2) is 37.9 Å². The average molecular weight is 315 g/mol. The SMILES string of the molecule is Cc1cc(C(C)(C)C)cc(S(=O)(=O)NC(CO)CO)c1C. The summed E-state index contributed by atoms with van der Waals surface area (Å²) in [6.45, 7) is 8.78. The van der Waals surface area contributed by atoms with E-state index in [0.29, 0.717) is 5.56 Å². The lowest BCUT2D eigenvalue weighted by atomic mass is 9.85. The molecule has 0 radical (unpaired) electrons. The predicted octanol–water partition coefficient (Wildman–Crippen LogP) is 1.23. The highest BCUT2D eigenvalue weighted by atomic mass is 32.2. The van der Waals surface area contributed by atoms with Crippen molar-refractivity contribution in [2.24, 2.45) is 0 Å². The lowest BCUT2D eigenvalue weighted by Gasteiger charge is -2.23. The van der Waals surface area contributed by atoms with Gasteiger partial charge in [-0.15, -0.1) is 0 Å². The van der Waals surface area contributed by atoms with E-state index in [-0.39, 0.29) is 10.3 Å². The molecule has 0 aromatic heterocycles. The summed E-state index contributed by atoms with van der Waals surface area (Å²) in [5.41, 5.74) is 2.32. The first kappa shape index (κ1) is 18.1. The van der Waals surface area contributed by atoms with Gasteiger partial charge in [-0.05, 0) is 42.0 Å². The van der Waals surface area contributed by atoms with Crippen LogP contribution in [0, 0.1) is 13.8 Å². The molecule has 0 unspecified atom stereocenters. The molecule has 21 heavy (non-hydrogen) atoms. The number of aryl methyl sites for hydroxylation is 1. The number of benzene rings is 1. The zero-order valence-electron chi connectivity index (χ0n) is 13.3. The van der Waals surface area contributed by atoms with Crippen molar-refractivity contribution in [1.82, 2.24) is 4.72 Å². The fraction of sp³-hybridized carbons (Fsp3) is 0.600. The molecule has 0 aliphatic rings. The zero-order chi connectivity index (χ0) is 16.4. The van der Waals surface area contributed by atoms with Crippen LogP contribution in [0.5, 0.6) is 0 Å². The Hall–Kier alpha value is -0.950. The van der Waals surface area contributed by atoms with Crippen molar-refractivity contribution in [1.29, 1.82) is 0 Å². The Balaban J connectivity index is 3.38. The third-order valence-corrected chi connectivity index (χ3v) is 5.18. The van der Waals surface area contributed by atoms with Crippen molar-refractivity contribution in [3.05, 3.63) is 28.8 Å². The van der Waals surface area contributed by atoms with Crippen LogP contribution in [0.15, 0.2) is 17.0 Å². The summed E-state index contributed by atoms with van der Waals surface area (Å²) in [4.78, 5) is 0.194. The van der Waals surface area contributed by atoms with Gasteiger partial charge in [0, 0.05) is 0 Å². The summed E-state index contributed by atoms with van der Waals surface area (Å²) in [5.74, 6) is 0. The van der Waals surface area contributed by atoms with Crippen molar-refractivity contribution in [2.45, 2.75) is 51.0 Å². The van der Waals surface area contributed by atoms with Crippen molar-refractivity contribution in [3.8, 4) is 0 Å². The Morgan fingerprint density at radius 2 is 1.67 bits per heavy atom. The van der Waals surface area contributed by atoms with E-state index in [4.69, 9.17) is 10.2 Å². The Morgan fingerprint density at radius 1 is 1.14 bits per heavy atom. The topological polar surface area (TPSA) is 86.6 Å². The molecule has 0 aliphatic heterocycles. The normalized spacial score (nSPS) is 13.0. The average Bonchev–Trinajstić information content (AvgIpc) is 2.37. The van der Waals surface area contributed by atoms with Gasteiger partial charge in [0.15, 0.2) is 0 Å². The van der Waals surface area contributed by atoms with Gasteiger partial charge in [-0.25, -0.2) is 13.1 Å². The molecular formula is C15H25NO4S. The molecular weight excluding hydrogens is 290 g/mol. The highest BCUT2D eigenvalue weighted by Gasteiger charge is 2.25. The van der Waals surface area contributed by atoms with Gasteiger partial charge in [0.05, 0.1) is 24.2 Å². The number of nitrogens with one attached hydrogen (secondary N) is 1. The van der Waals surface area contributed by atoms with E-state index in [0.717, 1.165) is 11.1 Å². The van der Waals surface area contributed by atoms with E-state index in [1.54, 1.807) is 13.0 Å². The maximum atomic E-state index is 12.5. The number of hydrogen-bond acceptors (Lipinski definition) is 4. The molecule has 0 fully saturated rings. The third-order valence-electron chi connectivity index (χ3n) is 3.54. The van der Waals surface area contributed by atoms with Gasteiger partial charge in [-0.2, -0.15) is 0 Å². The van der Waals surface area contributed by atoms with Crippen molar-refractivity contribution < 1.29 is 18.6 Å². The van der Waals surface area contributed by atoms with Gasteiger partial charge in [-0.3, -0.25) is 0 Å². The van der Waals surface area contributed by atoms with Gasteiger partial charge < -0.3 is 10.2 Å². The second kappa shape index (κ2) is 6.44. The Bertz CT molecular complexity index is 599. The second-order valence-corrected chi connectivity index (χ2v) is 8.03. The molecule has 0 bridgehead atoms. The van der Waals surface area contributed by atoms with Crippen molar-refractivity contribution in [3.63, 3.8) is 0 Å². The van der Waals surface area contributed by atoms with Crippen LogP contribution in [0.4, 0.5) is 0 Å². The molecule has 6 heteroatoms. The lowest BCUT2D eigenvalue weighted by molar-refractivity contribution is 0.185. The lowest BCUT2D eigenvalue weighted by Crippen LogP contribution is -2.40. The van der Waals surface area contributed by atoms with Crippen LogP contribution in [0.2, 0.25) is 0 Å². The first-order valence-corrected chi connectivity index (χ1v) is 8.37. The highest BCUT2D eigenvalue weighted by molar-refractivity contribution is 7.89. The third kappa shape index (κ3) is 4.26. The maximum Gasteiger partial charge on any atom is 0.241 e. The first-order chi connectivity index (χ1) is 9.52. The van der Waals surface area contributed by atoms with Gasteiger partial charge in [0.25, 0.3) is 0 Å². The Kier molecular flexibility index (Phi) is 5.55. The smallest absolute Gasteiger partial charge is 0.241 e. The van der Waals surface area contributed by atoms with Crippen LogP contribution < -0.4 is 4.72 Å². The molecule has 0 amide bonds. The summed E-state index contributed by atoms with van der Waals surface area (Å²) in [5, 5.41) is 18.1. The van der Waals surface area contributed by atoms with Crippen LogP contribution >= 0.6 is 0 Å². The summed E-state index contributed by atoms with van der Waals surface area (Å²) in [6, 6.07) is 2.76. The molecule has 1 rings (SSSR count). The molecule has 0 saturated carbocycles. The summed E-state index contributed by atoms with van der Waals surface area (Å²) >= 11 is 0. The van der Waals surface area contributed by atoms with Crippen LogP contribution in [0.3, 0.4) is 0 Å². The highest BCUT2D eigenvalue weighted by Crippen LogP contribution is 2.29. The number of hydrogen-bond donors (Lipinski definition) is 3. The molecule has 1 aromatic rings. The van der Waals surface area contributed by atoms with E-state index in [1.807, 2.05) is 33.8 Å². The maximum absolute atomic E-state index is 12.5. The van der Waals surface area contributed by atoms with E-state index < -0.39 is 29.3 Å². The zero-order valence-corrected chi connectivity index (χ0v) is 14.1. The Morgan fingerprint density at radius 3 is 2.10 bits per heavy atom. The largest absolute Gasteiger partial charge is 0.395 e. The monoisotopic (exact) mass is 315 g/mol. The van der Waals surface area contributed by atoms with E-state index in [9.17, 15) is 8.42 Å². The minimum Gasteiger partial charge on any atom is -0.395 e. The van der Waals surface area contributed by atoms with E-state index >= 15 is 0 Å². The fourth-order valence-corrected chi connectivity index (χ4v) is 3.52. The number of aliphatic hydroxyl groups is 2. The number of sulfonamides is 1. The summed E-state index contributed by atoms with van der Waals surface area (Å²) in [6.07, 6.45) is 0. The molecule has 3 N–H and O–H groups in total. The second-order valence-electron chi connectivity index (χ2n) is 6.35. The summed E-state index contributed by atoms with van der Waals surface area (Å²) in [7, 11) is -3.79. The fourth-order valence-electron chi connectivity index (χ4n) is 1.95. The van der Waals surface area contributed by atoms with E-state index in [2.05, 4.69) is 4.72 Å². The van der Waals surface area contributed by atoms with Crippen LogP contribution in [0.25, 0.3) is 0 Å². The van der Waals surface area contributed by atoms with Crippen molar-refractivity contribution >= 4 is 10.0 Å². The van der Waals surface area contributed by atoms with Gasteiger partial charge in [-0.1, -0.05) is 26.8 Å². The number of aliphatic hydroxyl groups excluding tert-OH is 2. The van der Waals surface area contributed by atoms with E-state index in [1.165, 1.54) is 0 Å². The Labute approximate surface area is 127 Å². The molecule has 0 atom stereocenters. The first-order valence-electron chi connectivity index (χ1n) is 6.88. The van der Waals surface area contributed by atoms with Gasteiger partial charge in [0.2, 0.25) is 10.0 Å². The van der Waals surface area contributed by atoms with Crippen molar-refractivity contribution in [2.75, 3.05) is 13.2 Å². The molecule has 120 valence electrons. The quantitative estimate of drug-likeness (QED) is 0.763. The molecule has 5 nitrogen and oxygen atoms in total.